The molecule has 148 valence electrons. The van der Waals surface area contributed by atoms with Gasteiger partial charge in [0, 0.05) is 37.5 Å². The van der Waals surface area contributed by atoms with Crippen molar-refractivity contribution in [3.63, 3.8) is 0 Å². The summed E-state index contributed by atoms with van der Waals surface area (Å²) in [5.74, 6) is 2.45. The Bertz CT molecular complexity index is 621. The molecule has 1 aliphatic rings. The molecule has 0 bridgehead atoms. The minimum Gasteiger partial charge on any atom is -0.443 e. The van der Waals surface area contributed by atoms with E-state index in [0.717, 1.165) is 18.7 Å². The minimum absolute atomic E-state index is 0. The van der Waals surface area contributed by atoms with Crippen LogP contribution in [0.5, 0.6) is 0 Å². The molecule has 1 fully saturated rings. The van der Waals surface area contributed by atoms with Crippen LogP contribution in [0.1, 0.15) is 52.7 Å². The van der Waals surface area contributed by atoms with Gasteiger partial charge in [-0.05, 0) is 6.42 Å². The first-order valence-corrected chi connectivity index (χ1v) is 8.92. The molecule has 7 nitrogen and oxygen atoms in total. The van der Waals surface area contributed by atoms with Crippen LogP contribution in [0, 0.1) is 5.92 Å². The van der Waals surface area contributed by atoms with Crippen molar-refractivity contribution in [3.05, 3.63) is 17.8 Å². The normalized spacial score (nSPS) is 18.0. The number of hydrogen-bond donors (Lipinski definition) is 2. The molecule has 2 N–H and O–H groups in total. The molecule has 1 unspecified atom stereocenters. The number of nitrogens with zero attached hydrogens (tertiary/aromatic N) is 3. The molecule has 1 aromatic heterocycles. The Morgan fingerprint density at radius 1 is 1.46 bits per heavy atom. The van der Waals surface area contributed by atoms with Crippen molar-refractivity contribution >= 4 is 35.8 Å². The van der Waals surface area contributed by atoms with Gasteiger partial charge in [-0.3, -0.25) is 9.79 Å². The van der Waals surface area contributed by atoms with E-state index in [1.54, 1.807) is 13.2 Å². The van der Waals surface area contributed by atoms with Crippen molar-refractivity contribution < 1.29 is 9.21 Å². The second kappa shape index (κ2) is 9.57. The molecule has 0 aromatic carbocycles. The molecule has 0 saturated carbocycles. The highest BCUT2D eigenvalue weighted by Crippen LogP contribution is 2.22. The fourth-order valence-corrected chi connectivity index (χ4v) is 2.73. The fourth-order valence-electron chi connectivity index (χ4n) is 2.73. The van der Waals surface area contributed by atoms with E-state index in [1.165, 1.54) is 0 Å². The van der Waals surface area contributed by atoms with Crippen molar-refractivity contribution in [1.82, 2.24) is 20.5 Å². The molecule has 1 saturated heterocycles. The van der Waals surface area contributed by atoms with E-state index in [0.29, 0.717) is 24.9 Å². The van der Waals surface area contributed by atoms with Gasteiger partial charge in [-0.15, -0.1) is 24.0 Å². The number of guanidine groups is 1. The Morgan fingerprint density at radius 3 is 2.69 bits per heavy atom. The topological polar surface area (TPSA) is 82.8 Å². The van der Waals surface area contributed by atoms with E-state index >= 15 is 0 Å². The van der Waals surface area contributed by atoms with Crippen molar-refractivity contribution in [2.24, 2.45) is 10.9 Å². The summed E-state index contributed by atoms with van der Waals surface area (Å²) in [7, 11) is 1.73. The maximum atomic E-state index is 12.1. The quantitative estimate of drug-likeness (QED) is 0.396. The predicted octanol–water partition coefficient (Wildman–Crippen LogP) is 2.51. The lowest BCUT2D eigenvalue weighted by molar-refractivity contribution is -0.133. The molecule has 2 heterocycles. The van der Waals surface area contributed by atoms with Crippen LogP contribution < -0.4 is 10.6 Å². The van der Waals surface area contributed by atoms with Crippen LogP contribution in [0.15, 0.2) is 15.6 Å². The van der Waals surface area contributed by atoms with Crippen LogP contribution in [-0.4, -0.2) is 47.9 Å². The summed E-state index contributed by atoms with van der Waals surface area (Å²) >= 11 is 0. The number of amides is 1. The fraction of sp³-hybridized carbons (Fsp3) is 0.722. The van der Waals surface area contributed by atoms with Gasteiger partial charge in [-0.1, -0.05) is 34.6 Å². The first-order chi connectivity index (χ1) is 11.7. The standard InChI is InChI=1S/C18H31N5O2.HI/c1-12(2)16(24)23-8-7-13(11-23)22-17(19-6)21-10-15-20-9-14(25-15)18(3,4)5;/h9,12-13H,7-8,10-11H2,1-6H3,(H2,19,21,22);1H. The van der Waals surface area contributed by atoms with Gasteiger partial charge in [-0.2, -0.15) is 0 Å². The number of nitrogens with one attached hydrogen (secondary N) is 2. The third kappa shape index (κ3) is 6.14. The van der Waals surface area contributed by atoms with Gasteiger partial charge in [-0.25, -0.2) is 4.98 Å². The summed E-state index contributed by atoms with van der Waals surface area (Å²) in [5, 5.41) is 6.60. The smallest absolute Gasteiger partial charge is 0.225 e. The molecule has 2 rings (SSSR count). The van der Waals surface area contributed by atoms with Gasteiger partial charge in [0.15, 0.2) is 5.96 Å². The van der Waals surface area contributed by atoms with Crippen LogP contribution in [0.3, 0.4) is 0 Å². The number of carbonyl (C=O) groups is 1. The van der Waals surface area contributed by atoms with Crippen molar-refractivity contribution in [2.45, 2.75) is 59.0 Å². The zero-order valence-corrected chi connectivity index (χ0v) is 19.0. The molecule has 1 amide bonds. The van der Waals surface area contributed by atoms with E-state index < -0.39 is 0 Å². The second-order valence-electron chi connectivity index (χ2n) is 7.86. The zero-order chi connectivity index (χ0) is 18.6. The van der Waals surface area contributed by atoms with Crippen LogP contribution in [-0.2, 0) is 16.8 Å². The number of rotatable bonds is 4. The molecule has 0 spiro atoms. The van der Waals surface area contributed by atoms with Crippen LogP contribution in [0.2, 0.25) is 0 Å². The molecular formula is C18H32IN5O2. The number of aromatic nitrogens is 1. The van der Waals surface area contributed by atoms with Crippen molar-refractivity contribution in [1.29, 1.82) is 0 Å². The highest BCUT2D eigenvalue weighted by atomic mass is 127. The number of oxazole rings is 1. The zero-order valence-electron chi connectivity index (χ0n) is 16.6. The molecule has 0 radical (unpaired) electrons. The first kappa shape index (κ1) is 22.7. The highest BCUT2D eigenvalue weighted by Gasteiger charge is 2.28. The highest BCUT2D eigenvalue weighted by molar-refractivity contribution is 14.0. The summed E-state index contributed by atoms with van der Waals surface area (Å²) in [6.07, 6.45) is 2.70. The Balaban J connectivity index is 0.00000338. The lowest BCUT2D eigenvalue weighted by Crippen LogP contribution is -2.45. The summed E-state index contributed by atoms with van der Waals surface area (Å²) < 4.78 is 5.78. The van der Waals surface area contributed by atoms with E-state index in [-0.39, 0.29) is 47.3 Å². The molecular weight excluding hydrogens is 445 g/mol. The Hall–Kier alpha value is -1.32. The lowest BCUT2D eigenvalue weighted by atomic mass is 9.94. The maximum Gasteiger partial charge on any atom is 0.225 e. The monoisotopic (exact) mass is 477 g/mol. The van der Waals surface area contributed by atoms with E-state index in [2.05, 4.69) is 41.4 Å². The Morgan fingerprint density at radius 2 is 2.15 bits per heavy atom. The van der Waals surface area contributed by atoms with Gasteiger partial charge < -0.3 is 20.0 Å². The molecule has 26 heavy (non-hydrogen) atoms. The third-order valence-electron chi connectivity index (χ3n) is 4.26. The average molecular weight is 477 g/mol. The van der Waals surface area contributed by atoms with Gasteiger partial charge >= 0.3 is 0 Å². The molecule has 1 atom stereocenters. The van der Waals surface area contributed by atoms with Gasteiger partial charge in [0.05, 0.1) is 12.7 Å². The molecule has 1 aliphatic heterocycles. The summed E-state index contributed by atoms with van der Waals surface area (Å²) in [4.78, 5) is 22.5. The number of likely N-dealkylation sites (tertiary alicyclic amines) is 1. The number of halogens is 1. The summed E-state index contributed by atoms with van der Waals surface area (Å²) in [5.41, 5.74) is -0.0541. The van der Waals surface area contributed by atoms with Gasteiger partial charge in [0.1, 0.15) is 5.76 Å². The summed E-state index contributed by atoms with van der Waals surface area (Å²) in [6.45, 7) is 12.1. The average Bonchev–Trinajstić information content (AvgIpc) is 3.19. The van der Waals surface area contributed by atoms with Gasteiger partial charge in [0.2, 0.25) is 11.8 Å². The summed E-state index contributed by atoms with van der Waals surface area (Å²) in [6, 6.07) is 0.212. The van der Waals surface area contributed by atoms with Crippen LogP contribution in [0.4, 0.5) is 0 Å². The third-order valence-corrected chi connectivity index (χ3v) is 4.26. The Kier molecular flexibility index (Phi) is 8.36. The largest absolute Gasteiger partial charge is 0.443 e. The minimum atomic E-state index is -0.0541. The van der Waals surface area contributed by atoms with Crippen molar-refractivity contribution in [3.8, 4) is 0 Å². The number of hydrogen-bond acceptors (Lipinski definition) is 4. The number of carbonyl (C=O) groups excluding carboxylic acids is 1. The van der Waals surface area contributed by atoms with Gasteiger partial charge in [0.25, 0.3) is 0 Å². The Labute approximate surface area is 173 Å². The lowest BCUT2D eigenvalue weighted by Gasteiger charge is -2.20. The number of aliphatic imine (C=N–C) groups is 1. The van der Waals surface area contributed by atoms with Crippen LogP contribution >= 0.6 is 24.0 Å². The SMILES string of the molecule is CN=C(NCc1ncc(C(C)(C)C)o1)NC1CCN(C(=O)C(C)C)C1.I. The van der Waals surface area contributed by atoms with E-state index in [9.17, 15) is 4.79 Å². The molecule has 0 aliphatic carbocycles. The predicted molar refractivity (Wildman–Crippen MR) is 114 cm³/mol. The van der Waals surface area contributed by atoms with E-state index in [4.69, 9.17) is 4.42 Å². The van der Waals surface area contributed by atoms with Crippen molar-refractivity contribution in [2.75, 3.05) is 20.1 Å². The maximum absolute atomic E-state index is 12.1. The second-order valence-corrected chi connectivity index (χ2v) is 7.86. The van der Waals surface area contributed by atoms with Crippen LogP contribution in [0.25, 0.3) is 0 Å². The molecule has 8 heteroatoms. The first-order valence-electron chi connectivity index (χ1n) is 8.92. The molecule has 1 aromatic rings. The van der Waals surface area contributed by atoms with E-state index in [1.807, 2.05) is 18.7 Å².